The fourth-order valence-corrected chi connectivity index (χ4v) is 2.20. The zero-order valence-corrected chi connectivity index (χ0v) is 11.4. The Morgan fingerprint density at radius 1 is 1.35 bits per heavy atom. The molecule has 1 atom stereocenters. The summed E-state index contributed by atoms with van der Waals surface area (Å²) in [4.78, 5) is -0.963. The number of hydrogen-bond donors (Lipinski definition) is 3. The van der Waals surface area contributed by atoms with Gasteiger partial charge in [0.1, 0.15) is 0 Å². The molecule has 114 valence electrons. The molecular formula is C10H11ClF3NO4S. The molecule has 0 bridgehead atoms. The molecule has 0 aliphatic heterocycles. The summed E-state index contributed by atoms with van der Waals surface area (Å²) >= 11 is 5.70. The third-order valence-corrected chi connectivity index (χ3v) is 4.11. The summed E-state index contributed by atoms with van der Waals surface area (Å²) in [5.74, 6) is 0. The van der Waals surface area contributed by atoms with E-state index in [0.717, 1.165) is 18.2 Å². The number of benzene rings is 1. The average molecular weight is 334 g/mol. The molecule has 1 rings (SSSR count). The highest BCUT2D eigenvalue weighted by molar-refractivity contribution is 7.92. The van der Waals surface area contributed by atoms with Gasteiger partial charge in [0.15, 0.2) is 0 Å². The largest absolute Gasteiger partial charge is 0.501 e. The van der Waals surface area contributed by atoms with Crippen molar-refractivity contribution >= 4 is 27.1 Å². The first kappa shape index (κ1) is 17.0. The topological polar surface area (TPSA) is 86.6 Å². The van der Waals surface area contributed by atoms with Crippen molar-refractivity contribution in [2.45, 2.75) is 16.5 Å². The molecule has 0 amide bonds. The molecule has 0 aromatic heterocycles. The second-order valence-electron chi connectivity index (χ2n) is 3.81. The molecule has 0 fully saturated rings. The lowest BCUT2D eigenvalue weighted by Crippen LogP contribution is -2.24. The predicted octanol–water partition coefficient (Wildman–Crippen LogP) is 1.40. The summed E-state index contributed by atoms with van der Waals surface area (Å²) in [6, 6.07) is 2.45. The molecule has 10 heteroatoms. The highest BCUT2D eigenvalue weighted by Crippen LogP contribution is 2.33. The van der Waals surface area contributed by atoms with Gasteiger partial charge in [0.05, 0.1) is 28.3 Å². The van der Waals surface area contributed by atoms with Gasteiger partial charge in [-0.2, -0.15) is 13.2 Å². The summed E-state index contributed by atoms with van der Waals surface area (Å²) in [5.41, 5.74) is -5.51. The van der Waals surface area contributed by atoms with Crippen LogP contribution in [-0.4, -0.2) is 43.4 Å². The molecular weight excluding hydrogens is 323 g/mol. The Kier molecular flexibility index (Phi) is 5.25. The third kappa shape index (κ3) is 3.75. The van der Waals surface area contributed by atoms with Crippen molar-refractivity contribution in [2.75, 3.05) is 18.5 Å². The van der Waals surface area contributed by atoms with Crippen molar-refractivity contribution < 1.29 is 31.8 Å². The first-order chi connectivity index (χ1) is 9.09. The van der Waals surface area contributed by atoms with E-state index in [0.29, 0.717) is 0 Å². The molecule has 1 aromatic carbocycles. The second kappa shape index (κ2) is 6.17. The Morgan fingerprint density at radius 3 is 2.45 bits per heavy atom. The molecule has 1 unspecified atom stereocenters. The monoisotopic (exact) mass is 333 g/mol. The molecule has 3 N–H and O–H groups in total. The molecule has 5 nitrogen and oxygen atoms in total. The van der Waals surface area contributed by atoms with Crippen LogP contribution in [0.5, 0.6) is 0 Å². The van der Waals surface area contributed by atoms with Gasteiger partial charge in [-0.3, -0.25) is 0 Å². The normalized spacial score (nSPS) is 14.1. The van der Waals surface area contributed by atoms with Crippen LogP contribution in [0.4, 0.5) is 18.9 Å². The molecule has 1 aromatic rings. The van der Waals surface area contributed by atoms with Crippen LogP contribution in [0.15, 0.2) is 23.1 Å². The molecule has 0 saturated heterocycles. The van der Waals surface area contributed by atoms with Crippen molar-refractivity contribution in [3.8, 4) is 0 Å². The SMILES string of the molecule is O=S(=O)(c1ccc(Cl)c(NCC(O)CO)c1)C(F)(F)F. The number of rotatable bonds is 5. The fraction of sp³-hybridized carbons (Fsp3) is 0.400. The molecule has 0 spiro atoms. The Morgan fingerprint density at radius 2 is 1.95 bits per heavy atom. The van der Waals surface area contributed by atoms with Gasteiger partial charge in [0, 0.05) is 6.54 Å². The first-order valence-electron chi connectivity index (χ1n) is 5.23. The summed E-state index contributed by atoms with van der Waals surface area (Å²) < 4.78 is 59.7. The second-order valence-corrected chi connectivity index (χ2v) is 6.16. The smallest absolute Gasteiger partial charge is 0.394 e. The van der Waals surface area contributed by atoms with Crippen LogP contribution in [0.3, 0.4) is 0 Å². The minimum absolute atomic E-state index is 0.0173. The number of nitrogens with one attached hydrogen (secondary N) is 1. The van der Waals surface area contributed by atoms with Crippen molar-refractivity contribution in [3.63, 3.8) is 0 Å². The molecule has 0 saturated carbocycles. The van der Waals surface area contributed by atoms with Gasteiger partial charge in [-0.15, -0.1) is 0 Å². The van der Waals surface area contributed by atoms with E-state index in [2.05, 4.69) is 5.32 Å². The summed E-state index contributed by atoms with van der Waals surface area (Å²) in [7, 11) is -5.47. The lowest BCUT2D eigenvalue weighted by Gasteiger charge is -2.14. The zero-order valence-electron chi connectivity index (χ0n) is 9.85. The van der Waals surface area contributed by atoms with E-state index in [9.17, 15) is 21.6 Å². The fourth-order valence-electron chi connectivity index (χ4n) is 1.23. The van der Waals surface area contributed by atoms with Crippen LogP contribution in [0.2, 0.25) is 5.02 Å². The third-order valence-electron chi connectivity index (χ3n) is 2.29. The zero-order chi connectivity index (χ0) is 15.6. The van der Waals surface area contributed by atoms with Crippen LogP contribution in [0.1, 0.15) is 0 Å². The van der Waals surface area contributed by atoms with Crippen molar-refractivity contribution in [1.82, 2.24) is 0 Å². The molecule has 0 aliphatic rings. The summed E-state index contributed by atoms with van der Waals surface area (Å²) in [6.45, 7) is -0.767. The Bertz CT molecular complexity index is 576. The maximum absolute atomic E-state index is 12.4. The number of anilines is 1. The molecule has 0 heterocycles. The Labute approximate surface area is 117 Å². The van der Waals surface area contributed by atoms with E-state index in [1.807, 2.05) is 0 Å². The molecule has 0 radical (unpaired) electrons. The highest BCUT2D eigenvalue weighted by atomic mass is 35.5. The maximum Gasteiger partial charge on any atom is 0.501 e. The minimum Gasteiger partial charge on any atom is -0.394 e. The van der Waals surface area contributed by atoms with Crippen LogP contribution in [0.25, 0.3) is 0 Å². The molecule has 20 heavy (non-hydrogen) atoms. The van der Waals surface area contributed by atoms with E-state index < -0.39 is 33.0 Å². The quantitative estimate of drug-likeness (QED) is 0.758. The van der Waals surface area contributed by atoms with Gasteiger partial charge in [0.2, 0.25) is 0 Å². The van der Waals surface area contributed by atoms with Gasteiger partial charge in [-0.25, -0.2) is 8.42 Å². The lowest BCUT2D eigenvalue weighted by molar-refractivity contribution is -0.0435. The number of halogens is 4. The Hall–Kier alpha value is -1.03. The van der Waals surface area contributed by atoms with Gasteiger partial charge >= 0.3 is 5.51 Å². The van der Waals surface area contributed by atoms with Gasteiger partial charge < -0.3 is 15.5 Å². The van der Waals surface area contributed by atoms with Crippen LogP contribution in [-0.2, 0) is 9.84 Å². The minimum atomic E-state index is -5.47. The number of alkyl halides is 3. The van der Waals surface area contributed by atoms with Crippen LogP contribution in [0, 0.1) is 0 Å². The maximum atomic E-state index is 12.4. The first-order valence-corrected chi connectivity index (χ1v) is 7.09. The van der Waals surface area contributed by atoms with Crippen molar-refractivity contribution in [2.24, 2.45) is 0 Å². The van der Waals surface area contributed by atoms with Crippen LogP contribution >= 0.6 is 11.6 Å². The number of aliphatic hydroxyl groups excluding tert-OH is 2. The molecule has 0 aliphatic carbocycles. The van der Waals surface area contributed by atoms with E-state index >= 15 is 0 Å². The Balaban J connectivity index is 3.09. The van der Waals surface area contributed by atoms with Crippen molar-refractivity contribution in [1.29, 1.82) is 0 Å². The summed E-state index contributed by atoms with van der Waals surface area (Å²) in [5, 5.41) is 20.2. The highest BCUT2D eigenvalue weighted by Gasteiger charge is 2.47. The number of aliphatic hydroxyl groups is 2. The number of hydrogen-bond acceptors (Lipinski definition) is 5. The van der Waals surface area contributed by atoms with Crippen molar-refractivity contribution in [3.05, 3.63) is 23.2 Å². The van der Waals surface area contributed by atoms with E-state index in [1.54, 1.807) is 0 Å². The standard InChI is InChI=1S/C10H11ClF3NO4S/c11-8-2-1-7(20(18,19)10(12,13)14)3-9(8)15-4-6(17)5-16/h1-3,6,15-17H,4-5H2. The van der Waals surface area contributed by atoms with Crippen LogP contribution < -0.4 is 5.32 Å². The summed E-state index contributed by atoms with van der Waals surface area (Å²) in [6.07, 6.45) is -1.16. The van der Waals surface area contributed by atoms with E-state index in [4.69, 9.17) is 21.8 Å². The number of sulfone groups is 1. The van der Waals surface area contributed by atoms with E-state index in [1.165, 1.54) is 0 Å². The van der Waals surface area contributed by atoms with Gasteiger partial charge in [-0.1, -0.05) is 11.6 Å². The van der Waals surface area contributed by atoms with Gasteiger partial charge in [-0.05, 0) is 18.2 Å². The lowest BCUT2D eigenvalue weighted by atomic mass is 10.3. The van der Waals surface area contributed by atoms with Gasteiger partial charge in [0.25, 0.3) is 9.84 Å². The van der Waals surface area contributed by atoms with E-state index in [-0.39, 0.29) is 17.3 Å². The average Bonchev–Trinajstić information content (AvgIpc) is 2.35. The predicted molar refractivity (Wildman–Crippen MR) is 66.3 cm³/mol.